The fourth-order valence-corrected chi connectivity index (χ4v) is 2.87. The fourth-order valence-electron chi connectivity index (χ4n) is 2.87. The molecule has 0 aromatic heterocycles. The minimum absolute atomic E-state index is 0.372. The van der Waals surface area contributed by atoms with Crippen molar-refractivity contribution in [3.05, 3.63) is 0 Å². The van der Waals surface area contributed by atoms with Crippen LogP contribution in [0.1, 0.15) is 52.9 Å². The quantitative estimate of drug-likeness (QED) is 0.705. The Hall–Kier alpha value is -0.630. The molecule has 1 saturated heterocycles. The number of hydrogen-bond acceptors (Lipinski definition) is 4. The van der Waals surface area contributed by atoms with Crippen LogP contribution >= 0.6 is 0 Å². The summed E-state index contributed by atoms with van der Waals surface area (Å²) >= 11 is 0. The van der Waals surface area contributed by atoms with Gasteiger partial charge in [0.2, 0.25) is 0 Å². The summed E-state index contributed by atoms with van der Waals surface area (Å²) < 4.78 is 5.86. The van der Waals surface area contributed by atoms with Crippen LogP contribution in [0.25, 0.3) is 0 Å². The lowest BCUT2D eigenvalue weighted by molar-refractivity contribution is -0.000584. The van der Waals surface area contributed by atoms with Crippen molar-refractivity contribution in [1.29, 1.82) is 5.26 Å². The average Bonchev–Trinajstić information content (AvgIpc) is 2.46. The summed E-state index contributed by atoms with van der Waals surface area (Å²) in [4.78, 5) is 2.49. The molecule has 1 aliphatic heterocycles. The first kappa shape index (κ1) is 17.4. The zero-order valence-corrected chi connectivity index (χ0v) is 13.5. The van der Waals surface area contributed by atoms with E-state index in [0.29, 0.717) is 6.10 Å². The minimum Gasteiger partial charge on any atom is -0.377 e. The summed E-state index contributed by atoms with van der Waals surface area (Å²) in [6.07, 6.45) is 5.92. The summed E-state index contributed by atoms with van der Waals surface area (Å²) in [6, 6.07) is 2.40. The van der Waals surface area contributed by atoms with Gasteiger partial charge in [0.1, 0.15) is 5.54 Å². The van der Waals surface area contributed by atoms with E-state index in [0.717, 1.165) is 45.5 Å². The highest BCUT2D eigenvalue weighted by Crippen LogP contribution is 2.16. The van der Waals surface area contributed by atoms with Crippen LogP contribution in [0.3, 0.4) is 0 Å². The molecule has 1 aliphatic rings. The van der Waals surface area contributed by atoms with Gasteiger partial charge in [-0.3, -0.25) is 5.32 Å². The number of ether oxygens (including phenoxy) is 1. The first-order valence-corrected chi connectivity index (χ1v) is 8.13. The zero-order valence-electron chi connectivity index (χ0n) is 13.5. The molecule has 1 rings (SSSR count). The number of nitrogens with one attached hydrogen (secondary N) is 1. The van der Waals surface area contributed by atoms with Crippen molar-refractivity contribution in [3.63, 3.8) is 0 Å². The van der Waals surface area contributed by atoms with Crippen molar-refractivity contribution in [2.45, 2.75) is 64.5 Å². The summed E-state index contributed by atoms with van der Waals surface area (Å²) in [5.74, 6) is 0. The second-order valence-electron chi connectivity index (χ2n) is 6.01. The van der Waals surface area contributed by atoms with E-state index in [1.54, 1.807) is 0 Å². The molecule has 1 heterocycles. The Morgan fingerprint density at radius 2 is 2.25 bits per heavy atom. The molecule has 2 unspecified atom stereocenters. The standard InChI is InChI=1S/C16H31N3O/c1-4-12-20-15-8-6-10-19(13-15)11-7-9-16(3,14-17)18-5-2/h15,18H,4-13H2,1-3H3. The highest BCUT2D eigenvalue weighted by atomic mass is 16.5. The third-order valence-corrected chi connectivity index (χ3v) is 3.98. The largest absolute Gasteiger partial charge is 0.377 e. The van der Waals surface area contributed by atoms with Crippen molar-refractivity contribution >= 4 is 0 Å². The Kier molecular flexibility index (Phi) is 8.13. The second-order valence-corrected chi connectivity index (χ2v) is 6.01. The number of likely N-dealkylation sites (tertiary alicyclic amines) is 1. The average molecular weight is 281 g/mol. The van der Waals surface area contributed by atoms with Gasteiger partial charge in [-0.2, -0.15) is 5.26 Å². The molecule has 0 aromatic carbocycles. The van der Waals surface area contributed by atoms with E-state index in [4.69, 9.17) is 4.74 Å². The normalized spacial score (nSPS) is 23.2. The number of hydrogen-bond donors (Lipinski definition) is 1. The van der Waals surface area contributed by atoms with Gasteiger partial charge in [-0.1, -0.05) is 13.8 Å². The van der Waals surface area contributed by atoms with Gasteiger partial charge in [-0.05, 0) is 58.7 Å². The van der Waals surface area contributed by atoms with Crippen LogP contribution in [0.4, 0.5) is 0 Å². The van der Waals surface area contributed by atoms with Crippen LogP contribution in [0, 0.1) is 11.3 Å². The summed E-state index contributed by atoms with van der Waals surface area (Å²) in [6.45, 7) is 11.3. The van der Waals surface area contributed by atoms with Crippen molar-refractivity contribution in [2.24, 2.45) is 0 Å². The summed E-state index contributed by atoms with van der Waals surface area (Å²) in [7, 11) is 0. The van der Waals surface area contributed by atoms with E-state index in [1.807, 2.05) is 6.92 Å². The van der Waals surface area contributed by atoms with E-state index in [2.05, 4.69) is 30.1 Å². The van der Waals surface area contributed by atoms with E-state index >= 15 is 0 Å². The lowest BCUT2D eigenvalue weighted by atomic mass is 9.97. The van der Waals surface area contributed by atoms with Crippen molar-refractivity contribution < 1.29 is 4.74 Å². The van der Waals surface area contributed by atoms with Crippen LogP contribution in [0.2, 0.25) is 0 Å². The molecule has 1 fully saturated rings. The van der Waals surface area contributed by atoms with Gasteiger partial charge in [0.05, 0.1) is 12.2 Å². The van der Waals surface area contributed by atoms with Gasteiger partial charge in [-0.25, -0.2) is 0 Å². The fraction of sp³-hybridized carbons (Fsp3) is 0.938. The van der Waals surface area contributed by atoms with E-state index in [9.17, 15) is 5.26 Å². The molecule has 0 spiro atoms. The molecule has 4 nitrogen and oxygen atoms in total. The van der Waals surface area contributed by atoms with Gasteiger partial charge in [-0.15, -0.1) is 0 Å². The molecule has 1 N–H and O–H groups in total. The molecule has 0 aliphatic carbocycles. The minimum atomic E-state index is -0.372. The highest BCUT2D eigenvalue weighted by molar-refractivity contribution is 5.03. The molecule has 0 aromatic rings. The maximum absolute atomic E-state index is 9.25. The molecule has 0 radical (unpaired) electrons. The maximum atomic E-state index is 9.25. The molecule has 0 bridgehead atoms. The molecule has 116 valence electrons. The number of nitriles is 1. The third kappa shape index (κ3) is 6.21. The first-order valence-electron chi connectivity index (χ1n) is 8.13. The van der Waals surface area contributed by atoms with Crippen LogP contribution in [-0.2, 0) is 4.74 Å². The monoisotopic (exact) mass is 281 g/mol. The Balaban J connectivity index is 2.25. The topological polar surface area (TPSA) is 48.3 Å². The van der Waals surface area contributed by atoms with E-state index in [-0.39, 0.29) is 5.54 Å². The third-order valence-electron chi connectivity index (χ3n) is 3.98. The molecule has 2 atom stereocenters. The van der Waals surface area contributed by atoms with Gasteiger partial charge in [0.15, 0.2) is 0 Å². The lowest BCUT2D eigenvalue weighted by Crippen LogP contribution is -2.43. The predicted octanol–water partition coefficient (Wildman–Crippen LogP) is 2.55. The molecule has 0 amide bonds. The Morgan fingerprint density at radius 3 is 2.90 bits per heavy atom. The summed E-state index contributed by atoms with van der Waals surface area (Å²) in [5, 5.41) is 12.5. The van der Waals surface area contributed by atoms with Crippen molar-refractivity contribution in [2.75, 3.05) is 32.8 Å². The van der Waals surface area contributed by atoms with E-state index < -0.39 is 0 Å². The molecular weight excluding hydrogens is 250 g/mol. The van der Waals surface area contributed by atoms with Crippen LogP contribution in [0.15, 0.2) is 0 Å². The smallest absolute Gasteiger partial charge is 0.103 e. The first-order chi connectivity index (χ1) is 9.63. The SMILES string of the molecule is CCCOC1CCCN(CCCC(C)(C#N)NCC)C1. The number of piperidine rings is 1. The van der Waals surface area contributed by atoms with Gasteiger partial charge < -0.3 is 9.64 Å². The van der Waals surface area contributed by atoms with Crippen LogP contribution < -0.4 is 5.32 Å². The zero-order chi connectivity index (χ0) is 14.8. The van der Waals surface area contributed by atoms with Crippen molar-refractivity contribution in [3.8, 4) is 6.07 Å². The second kappa shape index (κ2) is 9.33. The lowest BCUT2D eigenvalue weighted by Gasteiger charge is -2.33. The predicted molar refractivity (Wildman–Crippen MR) is 82.6 cm³/mol. The van der Waals surface area contributed by atoms with Crippen molar-refractivity contribution in [1.82, 2.24) is 10.2 Å². The van der Waals surface area contributed by atoms with Gasteiger partial charge in [0.25, 0.3) is 0 Å². The number of rotatable bonds is 9. The summed E-state index contributed by atoms with van der Waals surface area (Å²) in [5.41, 5.74) is -0.372. The van der Waals surface area contributed by atoms with Gasteiger partial charge in [0, 0.05) is 13.2 Å². The van der Waals surface area contributed by atoms with Crippen LogP contribution in [0.5, 0.6) is 0 Å². The maximum Gasteiger partial charge on any atom is 0.103 e. The molecule has 0 saturated carbocycles. The molecule has 20 heavy (non-hydrogen) atoms. The molecule has 4 heteroatoms. The molecular formula is C16H31N3O. The van der Waals surface area contributed by atoms with Gasteiger partial charge >= 0.3 is 0 Å². The Labute approximate surface area is 124 Å². The Morgan fingerprint density at radius 1 is 1.45 bits per heavy atom. The number of nitrogens with zero attached hydrogens (tertiary/aromatic N) is 2. The van der Waals surface area contributed by atoms with E-state index in [1.165, 1.54) is 19.4 Å². The van der Waals surface area contributed by atoms with Crippen LogP contribution in [-0.4, -0.2) is 49.3 Å². The Bertz CT molecular complexity index is 303. The highest BCUT2D eigenvalue weighted by Gasteiger charge is 2.24.